The van der Waals surface area contributed by atoms with Crippen molar-refractivity contribution in [2.75, 3.05) is 7.05 Å². The zero-order valence-corrected chi connectivity index (χ0v) is 14.5. The lowest BCUT2D eigenvalue weighted by molar-refractivity contribution is -0.704. The van der Waals surface area contributed by atoms with Crippen LogP contribution in [0.2, 0.25) is 0 Å². The number of benzene rings is 1. The van der Waals surface area contributed by atoms with Crippen molar-refractivity contribution in [1.82, 2.24) is 5.32 Å². The molecule has 2 atom stereocenters. The molecule has 0 aliphatic heterocycles. The Balaban J connectivity index is 2.26. The second-order valence-electron chi connectivity index (χ2n) is 5.91. The van der Waals surface area contributed by atoms with E-state index in [-0.39, 0.29) is 18.0 Å². The molecule has 0 unspecified atom stereocenters. The topological polar surface area (TPSA) is 45.7 Å². The van der Waals surface area contributed by atoms with Crippen LogP contribution in [0.5, 0.6) is 0 Å². The molecule has 0 spiro atoms. The number of amides is 1. The van der Waals surface area contributed by atoms with E-state index in [0.29, 0.717) is 5.92 Å². The third kappa shape index (κ3) is 3.96. The Morgan fingerprint density at radius 2 is 1.73 bits per heavy atom. The van der Waals surface area contributed by atoms with Gasteiger partial charge in [-0.3, -0.25) is 4.79 Å². The Bertz CT molecular complexity index is 590. The van der Waals surface area contributed by atoms with Crippen LogP contribution in [-0.4, -0.2) is 19.0 Å². The zero-order valence-electron chi connectivity index (χ0n) is 13.7. The van der Waals surface area contributed by atoms with E-state index in [2.05, 4.69) is 66.3 Å². The summed E-state index contributed by atoms with van der Waals surface area (Å²) in [6, 6.07) is 13.0. The van der Waals surface area contributed by atoms with Crippen molar-refractivity contribution in [3.63, 3.8) is 0 Å². The Hall–Kier alpha value is -1.65. The lowest BCUT2D eigenvalue weighted by atomic mass is 9.98. The second kappa shape index (κ2) is 7.56. The number of likely N-dealkylation sites (N-methyl/N-ethyl adjacent to an activating group) is 1. The van der Waals surface area contributed by atoms with Crippen molar-refractivity contribution in [3.8, 4) is 0 Å². The maximum absolute atomic E-state index is 11.9. The SMILES string of the molecule is CNC(=O)[C@H](C)[NH2+][C@H](c1ccc(C(C)C)cc1)c1cccs1. The van der Waals surface area contributed by atoms with Crippen molar-refractivity contribution in [2.45, 2.75) is 38.8 Å². The zero-order chi connectivity index (χ0) is 16.1. The molecule has 1 amide bonds. The fraction of sp³-hybridized carbons (Fsp3) is 0.389. The molecule has 4 heteroatoms. The van der Waals surface area contributed by atoms with Gasteiger partial charge in [0.1, 0.15) is 6.04 Å². The van der Waals surface area contributed by atoms with Crippen LogP contribution >= 0.6 is 11.3 Å². The van der Waals surface area contributed by atoms with Gasteiger partial charge >= 0.3 is 0 Å². The standard InChI is InChI=1S/C18H24N2OS/c1-12(2)14-7-9-15(10-8-14)17(16-6-5-11-22-16)20-13(3)18(21)19-4/h5-13,17,20H,1-4H3,(H,19,21)/p+1/t13-,17+/m0/s1. The van der Waals surface area contributed by atoms with Crippen LogP contribution in [0.25, 0.3) is 0 Å². The second-order valence-corrected chi connectivity index (χ2v) is 6.89. The maximum atomic E-state index is 11.9. The highest BCUT2D eigenvalue weighted by Crippen LogP contribution is 2.24. The predicted octanol–water partition coefficient (Wildman–Crippen LogP) is 2.66. The predicted molar refractivity (Wildman–Crippen MR) is 92.1 cm³/mol. The summed E-state index contributed by atoms with van der Waals surface area (Å²) < 4.78 is 0. The Kier molecular flexibility index (Phi) is 5.75. The van der Waals surface area contributed by atoms with E-state index in [1.54, 1.807) is 18.4 Å². The minimum atomic E-state index is -0.123. The lowest BCUT2D eigenvalue weighted by Crippen LogP contribution is -2.92. The molecule has 118 valence electrons. The highest BCUT2D eigenvalue weighted by molar-refractivity contribution is 7.10. The fourth-order valence-corrected chi connectivity index (χ4v) is 3.36. The monoisotopic (exact) mass is 317 g/mol. The molecule has 22 heavy (non-hydrogen) atoms. The molecule has 0 bridgehead atoms. The van der Waals surface area contributed by atoms with Crippen molar-refractivity contribution in [3.05, 3.63) is 57.8 Å². The fourth-order valence-electron chi connectivity index (χ4n) is 2.53. The van der Waals surface area contributed by atoms with Gasteiger partial charge in [-0.05, 0) is 29.9 Å². The largest absolute Gasteiger partial charge is 0.354 e. The normalized spacial score (nSPS) is 13.9. The van der Waals surface area contributed by atoms with Gasteiger partial charge in [0.15, 0.2) is 6.04 Å². The third-order valence-electron chi connectivity index (χ3n) is 3.95. The van der Waals surface area contributed by atoms with Crippen LogP contribution in [0.15, 0.2) is 41.8 Å². The number of rotatable bonds is 6. The first kappa shape index (κ1) is 16.7. The molecule has 1 aromatic heterocycles. The van der Waals surface area contributed by atoms with Crippen molar-refractivity contribution in [2.24, 2.45) is 0 Å². The molecular weight excluding hydrogens is 292 g/mol. The summed E-state index contributed by atoms with van der Waals surface area (Å²) in [6.45, 7) is 6.35. The number of quaternary nitrogens is 1. The molecule has 2 rings (SSSR count). The van der Waals surface area contributed by atoms with Crippen LogP contribution < -0.4 is 10.6 Å². The van der Waals surface area contributed by atoms with Crippen LogP contribution in [0.3, 0.4) is 0 Å². The summed E-state index contributed by atoms with van der Waals surface area (Å²) >= 11 is 1.73. The molecular formula is C18H25N2OS+. The van der Waals surface area contributed by atoms with E-state index in [1.165, 1.54) is 16.0 Å². The van der Waals surface area contributed by atoms with E-state index < -0.39 is 0 Å². The van der Waals surface area contributed by atoms with Gasteiger partial charge < -0.3 is 10.6 Å². The molecule has 1 heterocycles. The molecule has 0 saturated heterocycles. The van der Waals surface area contributed by atoms with E-state index in [0.717, 1.165) is 0 Å². The number of nitrogens with one attached hydrogen (secondary N) is 1. The first-order valence-electron chi connectivity index (χ1n) is 7.72. The quantitative estimate of drug-likeness (QED) is 0.845. The average Bonchev–Trinajstić information content (AvgIpc) is 3.05. The number of carbonyl (C=O) groups is 1. The van der Waals surface area contributed by atoms with Gasteiger partial charge in [-0.2, -0.15) is 0 Å². The van der Waals surface area contributed by atoms with Gasteiger partial charge in [-0.1, -0.05) is 44.2 Å². The summed E-state index contributed by atoms with van der Waals surface area (Å²) in [5.74, 6) is 0.586. The number of hydrogen-bond donors (Lipinski definition) is 2. The van der Waals surface area contributed by atoms with Gasteiger partial charge in [0.2, 0.25) is 0 Å². The molecule has 3 nitrogen and oxygen atoms in total. The van der Waals surface area contributed by atoms with Gasteiger partial charge in [0.05, 0.1) is 4.88 Å². The Morgan fingerprint density at radius 3 is 2.23 bits per heavy atom. The number of carbonyl (C=O) groups excluding carboxylic acids is 1. The van der Waals surface area contributed by atoms with E-state index in [4.69, 9.17) is 0 Å². The summed E-state index contributed by atoms with van der Waals surface area (Å²) in [4.78, 5) is 13.1. The summed E-state index contributed by atoms with van der Waals surface area (Å²) in [7, 11) is 1.68. The number of hydrogen-bond acceptors (Lipinski definition) is 2. The van der Waals surface area contributed by atoms with Gasteiger partial charge in [-0.15, -0.1) is 11.3 Å². The summed E-state index contributed by atoms with van der Waals surface area (Å²) in [5.41, 5.74) is 2.58. The van der Waals surface area contributed by atoms with Crippen molar-refractivity contribution < 1.29 is 10.1 Å². The smallest absolute Gasteiger partial charge is 0.277 e. The number of nitrogens with two attached hydrogens (primary N) is 1. The molecule has 1 aromatic carbocycles. The van der Waals surface area contributed by atoms with Crippen LogP contribution in [0.4, 0.5) is 0 Å². The van der Waals surface area contributed by atoms with Crippen LogP contribution in [0.1, 0.15) is 48.7 Å². The van der Waals surface area contributed by atoms with Crippen molar-refractivity contribution in [1.29, 1.82) is 0 Å². The molecule has 0 aliphatic carbocycles. The number of thiophene rings is 1. The maximum Gasteiger partial charge on any atom is 0.277 e. The average molecular weight is 317 g/mol. The minimum absolute atomic E-state index is 0.0559. The van der Waals surface area contributed by atoms with Crippen LogP contribution in [-0.2, 0) is 4.79 Å². The first-order valence-corrected chi connectivity index (χ1v) is 8.60. The summed E-state index contributed by atoms with van der Waals surface area (Å²) in [6.07, 6.45) is 0. The minimum Gasteiger partial charge on any atom is -0.354 e. The molecule has 3 N–H and O–H groups in total. The molecule has 0 aliphatic rings. The first-order chi connectivity index (χ1) is 10.5. The Labute approximate surface area is 136 Å². The molecule has 0 radical (unpaired) electrons. The highest BCUT2D eigenvalue weighted by Gasteiger charge is 2.24. The van der Waals surface area contributed by atoms with Gasteiger partial charge in [-0.25, -0.2) is 0 Å². The van der Waals surface area contributed by atoms with Crippen molar-refractivity contribution >= 4 is 17.2 Å². The van der Waals surface area contributed by atoms with Gasteiger partial charge in [0.25, 0.3) is 5.91 Å². The highest BCUT2D eigenvalue weighted by atomic mass is 32.1. The third-order valence-corrected chi connectivity index (χ3v) is 4.91. The van der Waals surface area contributed by atoms with E-state index in [9.17, 15) is 4.79 Å². The van der Waals surface area contributed by atoms with Gasteiger partial charge in [0, 0.05) is 12.6 Å². The van der Waals surface area contributed by atoms with Crippen LogP contribution in [0, 0.1) is 0 Å². The summed E-state index contributed by atoms with van der Waals surface area (Å²) in [5, 5.41) is 6.94. The van der Waals surface area contributed by atoms with E-state index in [1.807, 2.05) is 6.92 Å². The molecule has 0 fully saturated rings. The molecule has 0 saturated carbocycles. The lowest BCUT2D eigenvalue weighted by Gasteiger charge is -2.19. The van der Waals surface area contributed by atoms with E-state index >= 15 is 0 Å². The molecule has 2 aromatic rings. The Morgan fingerprint density at radius 1 is 1.09 bits per heavy atom.